The third kappa shape index (κ3) is 4.17. The lowest BCUT2D eigenvalue weighted by molar-refractivity contribution is 1.18. The summed E-state index contributed by atoms with van der Waals surface area (Å²) in [6, 6.07) is 51.2. The summed E-state index contributed by atoms with van der Waals surface area (Å²) in [4.78, 5) is 0. The molecule has 0 radical (unpaired) electrons. The number of aromatic nitrogens is 1. The number of hydrogen-bond donors (Lipinski definition) is 0. The van der Waals surface area contributed by atoms with Crippen molar-refractivity contribution in [2.75, 3.05) is 0 Å². The number of hydrogen-bond acceptors (Lipinski definition) is 0. The van der Waals surface area contributed by atoms with Crippen molar-refractivity contribution in [1.82, 2.24) is 4.57 Å². The minimum atomic E-state index is -0.0411. The van der Waals surface area contributed by atoms with Crippen LogP contribution in [-0.2, 0) is 0 Å². The Kier molecular flexibility index (Phi) is 5.00. The lowest BCUT2D eigenvalue weighted by Crippen LogP contribution is -1.93. The van der Waals surface area contributed by atoms with Crippen LogP contribution < -0.4 is 0 Å². The van der Waals surface area contributed by atoms with Gasteiger partial charge in [0.1, 0.15) is 0 Å². The predicted molar refractivity (Wildman–Crippen MR) is 191 cm³/mol. The van der Waals surface area contributed by atoms with Gasteiger partial charge < -0.3 is 4.57 Å². The molecule has 1 nitrogen and oxygen atoms in total. The van der Waals surface area contributed by atoms with E-state index in [0.29, 0.717) is 22.3 Å². The first-order chi connectivity index (χ1) is 24.0. The molecule has 210 valence electrons. The van der Waals surface area contributed by atoms with Crippen LogP contribution in [0.25, 0.3) is 82.8 Å². The predicted octanol–water partition coefficient (Wildman–Crippen LogP) is 12.0. The lowest BCUT2D eigenvalue weighted by atomic mass is 9.91. The van der Waals surface area contributed by atoms with Crippen LogP contribution in [0.3, 0.4) is 0 Å². The van der Waals surface area contributed by atoms with Gasteiger partial charge in [-0.2, -0.15) is 0 Å². The van der Waals surface area contributed by atoms with Crippen molar-refractivity contribution in [3.63, 3.8) is 0 Å². The van der Waals surface area contributed by atoms with E-state index in [1.807, 2.05) is 60.7 Å². The van der Waals surface area contributed by atoms with Gasteiger partial charge in [0, 0.05) is 16.5 Å². The molecule has 0 spiro atoms. The van der Waals surface area contributed by atoms with E-state index in [2.05, 4.69) is 95.6 Å². The highest BCUT2D eigenvalue weighted by atomic mass is 15.0. The third-order valence-corrected chi connectivity index (χ3v) is 8.87. The molecule has 1 aromatic heterocycles. The Hall–Kier alpha value is -5.92. The van der Waals surface area contributed by atoms with Crippen molar-refractivity contribution in [2.45, 2.75) is 0 Å². The van der Waals surface area contributed by atoms with Gasteiger partial charge in [0.05, 0.1) is 16.5 Å². The Balaban J connectivity index is 1.31. The summed E-state index contributed by atoms with van der Waals surface area (Å²) >= 11 is 0. The molecule has 9 rings (SSSR count). The molecule has 0 amide bonds. The first-order valence-electron chi connectivity index (χ1n) is 17.2. The fraction of sp³-hybridized carbons (Fsp3) is 0. The highest BCUT2D eigenvalue weighted by molar-refractivity contribution is 6.28. The zero-order chi connectivity index (χ0) is 33.2. The molecule has 0 aliphatic carbocycles. The summed E-state index contributed by atoms with van der Waals surface area (Å²) < 4.78 is 38.6. The van der Waals surface area contributed by atoms with Crippen molar-refractivity contribution in [3.05, 3.63) is 176 Å². The molecule has 0 aliphatic heterocycles. The van der Waals surface area contributed by atoms with Crippen LogP contribution in [0.2, 0.25) is 0 Å². The maximum atomic E-state index is 9.16. The Morgan fingerprint density at radius 1 is 0.333 bits per heavy atom. The summed E-state index contributed by atoms with van der Waals surface area (Å²) in [7, 11) is 0. The molecule has 45 heavy (non-hydrogen) atoms. The van der Waals surface area contributed by atoms with Gasteiger partial charge in [-0.1, -0.05) is 152 Å². The van der Waals surface area contributed by atoms with Crippen molar-refractivity contribution in [1.29, 1.82) is 0 Å². The summed E-state index contributed by atoms with van der Waals surface area (Å²) in [5.41, 5.74) is 9.73. The fourth-order valence-corrected chi connectivity index (χ4v) is 6.75. The molecule has 1 heterocycles. The Bertz CT molecular complexity index is 2630. The third-order valence-electron chi connectivity index (χ3n) is 8.87. The van der Waals surface area contributed by atoms with Crippen LogP contribution in [0.15, 0.2) is 176 Å². The monoisotopic (exact) mass is 575 g/mol. The van der Waals surface area contributed by atoms with E-state index >= 15 is 0 Å². The summed E-state index contributed by atoms with van der Waals surface area (Å²) in [6.45, 7) is 0. The SMILES string of the molecule is [2H]c1c([2H])c(-c2ccc3c4c2ccc2c(-c5ccc(-c6ccccc6)cc5)ccc(c24)n3-c2ccccc2)c([2H])c([2H])c1-c1ccccc1. The average Bonchev–Trinajstić information content (AvgIpc) is 3.50. The molecular weight excluding hydrogens is 542 g/mol. The van der Waals surface area contributed by atoms with Crippen LogP contribution in [0.1, 0.15) is 5.48 Å². The maximum absolute atomic E-state index is 9.16. The van der Waals surface area contributed by atoms with Gasteiger partial charge in [-0.15, -0.1) is 0 Å². The van der Waals surface area contributed by atoms with Crippen LogP contribution in [0.4, 0.5) is 0 Å². The lowest BCUT2D eigenvalue weighted by Gasteiger charge is -2.12. The van der Waals surface area contributed by atoms with E-state index in [0.717, 1.165) is 49.4 Å². The molecule has 0 fully saturated rings. The van der Waals surface area contributed by atoms with E-state index in [9.17, 15) is 0 Å². The zero-order valence-electron chi connectivity index (χ0n) is 28.4. The summed E-state index contributed by atoms with van der Waals surface area (Å²) in [5.74, 6) is 0. The van der Waals surface area contributed by atoms with Gasteiger partial charge in [0.2, 0.25) is 0 Å². The van der Waals surface area contributed by atoms with Crippen molar-refractivity contribution < 1.29 is 5.48 Å². The van der Waals surface area contributed by atoms with E-state index in [1.54, 1.807) is 0 Å². The van der Waals surface area contributed by atoms with E-state index in [4.69, 9.17) is 5.48 Å². The topological polar surface area (TPSA) is 4.93 Å². The highest BCUT2D eigenvalue weighted by Gasteiger charge is 2.21. The maximum Gasteiger partial charge on any atom is 0.0629 e. The average molecular weight is 576 g/mol. The van der Waals surface area contributed by atoms with Crippen molar-refractivity contribution >= 4 is 32.6 Å². The van der Waals surface area contributed by atoms with Gasteiger partial charge >= 0.3 is 0 Å². The molecular formula is C44H29N. The molecule has 0 atom stereocenters. The number of benzene rings is 8. The molecule has 0 saturated carbocycles. The van der Waals surface area contributed by atoms with E-state index in [1.165, 1.54) is 11.1 Å². The molecule has 8 aromatic carbocycles. The van der Waals surface area contributed by atoms with E-state index < -0.39 is 0 Å². The van der Waals surface area contributed by atoms with Crippen LogP contribution >= 0.6 is 0 Å². The number of para-hydroxylation sites is 1. The largest absolute Gasteiger partial charge is 0.309 e. The van der Waals surface area contributed by atoms with Crippen LogP contribution in [0, 0.1) is 0 Å². The molecule has 9 aromatic rings. The first-order valence-corrected chi connectivity index (χ1v) is 15.2. The molecule has 0 aliphatic rings. The Morgan fingerprint density at radius 3 is 1.31 bits per heavy atom. The summed E-state index contributed by atoms with van der Waals surface area (Å²) in [6.07, 6.45) is 0. The number of nitrogens with zero attached hydrogens (tertiary/aromatic N) is 1. The molecule has 0 N–H and O–H groups in total. The van der Waals surface area contributed by atoms with Gasteiger partial charge in [-0.25, -0.2) is 0 Å². The second-order valence-corrected chi connectivity index (χ2v) is 11.4. The van der Waals surface area contributed by atoms with E-state index in [-0.39, 0.29) is 24.2 Å². The molecule has 0 unspecified atom stereocenters. The second-order valence-electron chi connectivity index (χ2n) is 11.4. The van der Waals surface area contributed by atoms with Crippen molar-refractivity contribution in [3.8, 4) is 50.2 Å². The second kappa shape index (κ2) is 10.4. The van der Waals surface area contributed by atoms with Crippen LogP contribution in [0.5, 0.6) is 0 Å². The standard InChI is InChI=1S/C44H29N/c1-4-10-30(11-5-1)32-16-20-34(21-17-32)37-26-28-41-43-39(37)24-25-40-38(35-22-18-33(19-23-35)31-12-6-2-7-13-31)27-29-42(44(40)43)45(41)36-14-8-3-9-15-36/h1-29H/i16D,17D,20D,21D. The molecule has 0 saturated heterocycles. The fourth-order valence-electron chi connectivity index (χ4n) is 6.75. The normalized spacial score (nSPS) is 12.8. The zero-order valence-corrected chi connectivity index (χ0v) is 24.4. The quantitative estimate of drug-likeness (QED) is 0.180. The Labute approximate surface area is 268 Å². The smallest absolute Gasteiger partial charge is 0.0629 e. The summed E-state index contributed by atoms with van der Waals surface area (Å²) in [5, 5.41) is 4.17. The van der Waals surface area contributed by atoms with Crippen molar-refractivity contribution in [2.24, 2.45) is 0 Å². The molecule has 1 heteroatoms. The number of rotatable bonds is 5. The first kappa shape index (κ1) is 21.7. The minimum absolute atomic E-state index is 0.0390. The minimum Gasteiger partial charge on any atom is -0.309 e. The van der Waals surface area contributed by atoms with Gasteiger partial charge in [0.15, 0.2) is 0 Å². The van der Waals surface area contributed by atoms with Gasteiger partial charge in [0.25, 0.3) is 0 Å². The van der Waals surface area contributed by atoms with Gasteiger partial charge in [-0.05, 0) is 79.5 Å². The molecule has 0 bridgehead atoms. The van der Waals surface area contributed by atoms with Gasteiger partial charge in [-0.3, -0.25) is 0 Å². The Morgan fingerprint density at radius 2 is 0.756 bits per heavy atom. The van der Waals surface area contributed by atoms with Crippen LogP contribution in [-0.4, -0.2) is 4.57 Å². The highest BCUT2D eigenvalue weighted by Crippen LogP contribution is 2.45.